The van der Waals surface area contributed by atoms with E-state index in [1.807, 2.05) is 0 Å². The average Bonchev–Trinajstić information content (AvgIpc) is 2.63. The Hall–Kier alpha value is -3.24. The molecule has 10 heteroatoms. The van der Waals surface area contributed by atoms with Crippen LogP contribution in [-0.2, 0) is 9.59 Å². The van der Waals surface area contributed by atoms with Crippen LogP contribution in [0.1, 0.15) is 23.7 Å². The van der Waals surface area contributed by atoms with Crippen molar-refractivity contribution in [2.45, 2.75) is 31.6 Å². The van der Waals surface area contributed by atoms with Crippen LogP contribution in [-0.4, -0.2) is 58.6 Å². The Morgan fingerprint density at radius 1 is 1.21 bits per heavy atom. The Labute approximate surface area is 160 Å². The predicted octanol–water partition coefficient (Wildman–Crippen LogP) is -0.967. The number of ketones is 1. The number of carbonyl (C=O) groups is 4. The maximum absolute atomic E-state index is 12.2. The van der Waals surface area contributed by atoms with Crippen LogP contribution in [0.4, 0.5) is 10.5 Å². The quantitative estimate of drug-likeness (QED) is 0.341. The Morgan fingerprint density at radius 3 is 2.57 bits per heavy atom. The molecule has 28 heavy (non-hydrogen) atoms. The van der Waals surface area contributed by atoms with E-state index in [4.69, 9.17) is 5.73 Å². The number of urea groups is 1. The summed E-state index contributed by atoms with van der Waals surface area (Å²) in [6, 6.07) is 4.53. The summed E-state index contributed by atoms with van der Waals surface area (Å²) in [5.41, 5.74) is 5.84. The normalized spacial score (nSPS) is 21.2. The van der Waals surface area contributed by atoms with Gasteiger partial charge in [0.2, 0.25) is 11.8 Å². The largest absolute Gasteiger partial charge is 0.390 e. The lowest BCUT2D eigenvalue weighted by atomic mass is 9.90. The van der Waals surface area contributed by atoms with E-state index in [-0.39, 0.29) is 24.3 Å². The monoisotopic (exact) mass is 390 g/mol. The number of amides is 4. The van der Waals surface area contributed by atoms with Gasteiger partial charge in [-0.05, 0) is 19.1 Å². The molecule has 3 atom stereocenters. The Bertz CT molecular complexity index is 822. The summed E-state index contributed by atoms with van der Waals surface area (Å²) in [4.78, 5) is 46.4. The van der Waals surface area contributed by atoms with Gasteiger partial charge in [-0.25, -0.2) is 4.79 Å². The smallest absolute Gasteiger partial charge is 0.319 e. The number of nitrogens with one attached hydrogen (secondary N) is 3. The highest BCUT2D eigenvalue weighted by Gasteiger charge is 2.33. The molecule has 0 fully saturated rings. The van der Waals surface area contributed by atoms with E-state index < -0.39 is 36.1 Å². The number of aliphatic hydroxyl groups excluding tert-OH is 2. The van der Waals surface area contributed by atoms with Gasteiger partial charge >= 0.3 is 6.03 Å². The molecule has 0 saturated carbocycles. The summed E-state index contributed by atoms with van der Waals surface area (Å²) in [7, 11) is 0. The van der Waals surface area contributed by atoms with Crippen LogP contribution < -0.4 is 21.7 Å². The highest BCUT2D eigenvalue weighted by molar-refractivity contribution is 5.97. The molecule has 0 radical (unpaired) electrons. The number of Topliss-reactive ketones (excluding diaryl/α,β-unsaturated/α-hetero) is 1. The first-order valence-corrected chi connectivity index (χ1v) is 8.49. The molecule has 150 valence electrons. The number of hydrogen-bond donors (Lipinski definition) is 6. The van der Waals surface area contributed by atoms with Gasteiger partial charge in [0.1, 0.15) is 6.10 Å². The third-order valence-corrected chi connectivity index (χ3v) is 4.11. The highest BCUT2D eigenvalue weighted by atomic mass is 16.3. The lowest BCUT2D eigenvalue weighted by Gasteiger charge is -2.31. The molecule has 0 unspecified atom stereocenters. The van der Waals surface area contributed by atoms with Crippen LogP contribution in [0.5, 0.6) is 0 Å². The first-order valence-electron chi connectivity index (χ1n) is 8.49. The molecule has 0 aliphatic heterocycles. The minimum absolute atomic E-state index is 0.0999. The van der Waals surface area contributed by atoms with Gasteiger partial charge in [0.15, 0.2) is 5.78 Å². The van der Waals surface area contributed by atoms with Crippen molar-refractivity contribution in [1.82, 2.24) is 10.6 Å². The van der Waals surface area contributed by atoms with Gasteiger partial charge < -0.3 is 31.9 Å². The van der Waals surface area contributed by atoms with Crippen molar-refractivity contribution in [2.75, 3.05) is 11.9 Å². The van der Waals surface area contributed by atoms with Crippen LogP contribution in [0.2, 0.25) is 0 Å². The number of benzene rings is 1. The van der Waals surface area contributed by atoms with E-state index >= 15 is 0 Å². The number of nitrogens with two attached hydrogens (primary N) is 1. The standard InChI is InChI=1S/C18H22N4O6/c1-9(23)10-3-2-4-12(5-10)21-18(28)22-13-6-11(7-14(24)16(13)26)17(27)20-8-15(19)25/h2-6,13-14,16,24,26H,7-8H2,1H3,(H2,19,25)(H,20,27)(H2,21,22,28)/t13-,14-,16-/m1/s1. The van der Waals surface area contributed by atoms with E-state index in [2.05, 4.69) is 16.0 Å². The average molecular weight is 390 g/mol. The molecule has 2 rings (SSSR count). The number of primary amides is 1. The van der Waals surface area contributed by atoms with E-state index in [0.717, 1.165) is 0 Å². The molecule has 1 aromatic rings. The second-order valence-corrected chi connectivity index (χ2v) is 6.36. The molecule has 0 spiro atoms. The predicted molar refractivity (Wildman–Crippen MR) is 99.3 cm³/mol. The van der Waals surface area contributed by atoms with Crippen LogP contribution >= 0.6 is 0 Å². The van der Waals surface area contributed by atoms with Gasteiger partial charge in [-0.2, -0.15) is 0 Å². The van der Waals surface area contributed by atoms with E-state index in [0.29, 0.717) is 11.3 Å². The SMILES string of the molecule is CC(=O)c1cccc(NC(=O)N[C@@H]2C=C(C(=O)NCC(N)=O)C[C@@H](O)[C@@H]2O)c1. The number of carbonyl (C=O) groups excluding carboxylic acids is 4. The van der Waals surface area contributed by atoms with Crippen molar-refractivity contribution in [1.29, 1.82) is 0 Å². The van der Waals surface area contributed by atoms with Gasteiger partial charge in [-0.15, -0.1) is 0 Å². The molecule has 4 amide bonds. The number of aliphatic hydroxyl groups is 2. The van der Waals surface area contributed by atoms with E-state index in [1.165, 1.54) is 19.1 Å². The van der Waals surface area contributed by atoms with Crippen molar-refractivity contribution in [3.8, 4) is 0 Å². The van der Waals surface area contributed by atoms with Gasteiger partial charge in [-0.1, -0.05) is 18.2 Å². The molecule has 1 aliphatic carbocycles. The van der Waals surface area contributed by atoms with Crippen LogP contribution in [0.15, 0.2) is 35.9 Å². The van der Waals surface area contributed by atoms with Crippen molar-refractivity contribution in [3.63, 3.8) is 0 Å². The minimum atomic E-state index is -1.33. The second kappa shape index (κ2) is 9.11. The van der Waals surface area contributed by atoms with Crippen molar-refractivity contribution in [3.05, 3.63) is 41.5 Å². The zero-order valence-electron chi connectivity index (χ0n) is 15.1. The third-order valence-electron chi connectivity index (χ3n) is 4.11. The second-order valence-electron chi connectivity index (χ2n) is 6.36. The Morgan fingerprint density at radius 2 is 1.93 bits per heavy atom. The molecule has 0 aromatic heterocycles. The van der Waals surface area contributed by atoms with Crippen LogP contribution in [0, 0.1) is 0 Å². The molecule has 0 bridgehead atoms. The minimum Gasteiger partial charge on any atom is -0.390 e. The topological polar surface area (TPSA) is 171 Å². The maximum Gasteiger partial charge on any atom is 0.319 e. The molecule has 0 saturated heterocycles. The zero-order valence-corrected chi connectivity index (χ0v) is 15.1. The van der Waals surface area contributed by atoms with Crippen molar-refractivity contribution >= 4 is 29.3 Å². The number of rotatable bonds is 6. The fraction of sp³-hybridized carbons (Fsp3) is 0.333. The third kappa shape index (κ3) is 5.63. The molecule has 1 aliphatic rings. The highest BCUT2D eigenvalue weighted by Crippen LogP contribution is 2.20. The zero-order chi connectivity index (χ0) is 20.8. The number of hydrogen-bond acceptors (Lipinski definition) is 6. The van der Waals surface area contributed by atoms with Crippen LogP contribution in [0.3, 0.4) is 0 Å². The van der Waals surface area contributed by atoms with Gasteiger partial charge in [0.25, 0.3) is 0 Å². The van der Waals surface area contributed by atoms with Crippen molar-refractivity contribution < 1.29 is 29.4 Å². The summed E-state index contributed by atoms with van der Waals surface area (Å²) in [6.45, 7) is 1.02. The molecule has 1 aromatic carbocycles. The lowest BCUT2D eigenvalue weighted by molar-refractivity contribution is -0.123. The maximum atomic E-state index is 12.2. The van der Waals surface area contributed by atoms with Gasteiger partial charge in [0.05, 0.1) is 18.7 Å². The van der Waals surface area contributed by atoms with Crippen molar-refractivity contribution in [2.24, 2.45) is 5.73 Å². The molecule has 7 N–H and O–H groups in total. The summed E-state index contributed by atoms with van der Waals surface area (Å²) in [6.07, 6.45) is -1.46. The summed E-state index contributed by atoms with van der Waals surface area (Å²) in [5.74, 6) is -1.53. The van der Waals surface area contributed by atoms with Gasteiger partial charge in [0, 0.05) is 23.2 Å². The first-order chi connectivity index (χ1) is 13.2. The fourth-order valence-electron chi connectivity index (χ4n) is 2.68. The molecular formula is C18H22N4O6. The Kier molecular flexibility index (Phi) is 6.85. The van der Waals surface area contributed by atoms with E-state index in [9.17, 15) is 29.4 Å². The summed E-state index contributed by atoms with van der Waals surface area (Å²) < 4.78 is 0. The fourth-order valence-corrected chi connectivity index (χ4v) is 2.68. The summed E-state index contributed by atoms with van der Waals surface area (Å²) >= 11 is 0. The molecule has 10 nitrogen and oxygen atoms in total. The number of anilines is 1. The molecular weight excluding hydrogens is 368 g/mol. The first kappa shape index (κ1) is 21.1. The lowest BCUT2D eigenvalue weighted by Crippen LogP contribution is -2.52. The summed E-state index contributed by atoms with van der Waals surface area (Å²) in [5, 5.41) is 27.3. The van der Waals surface area contributed by atoms with E-state index in [1.54, 1.807) is 18.2 Å². The molecule has 0 heterocycles. The van der Waals surface area contributed by atoms with Gasteiger partial charge in [-0.3, -0.25) is 14.4 Å². The van der Waals surface area contributed by atoms with Crippen LogP contribution in [0.25, 0.3) is 0 Å². The Balaban J connectivity index is 2.07.